The van der Waals surface area contributed by atoms with Crippen LogP contribution in [0, 0.1) is 11.7 Å². The molecule has 2 amide bonds. The summed E-state index contributed by atoms with van der Waals surface area (Å²) >= 11 is 5.61. The lowest BCUT2D eigenvalue weighted by Crippen LogP contribution is -2.40. The molecule has 0 bridgehead atoms. The first-order chi connectivity index (χ1) is 9.79. The molecule has 1 aromatic carbocycles. The molecule has 1 atom stereocenters. The summed E-state index contributed by atoms with van der Waals surface area (Å²) in [6.45, 7) is 6.04. The second-order valence-electron chi connectivity index (χ2n) is 5.43. The second-order valence-corrected chi connectivity index (χ2v) is 5.84. The van der Waals surface area contributed by atoms with Crippen molar-refractivity contribution in [3.05, 3.63) is 29.0 Å². The maximum Gasteiger partial charge on any atom is 0.313 e. The van der Waals surface area contributed by atoms with Crippen molar-refractivity contribution in [3.8, 4) is 0 Å². The summed E-state index contributed by atoms with van der Waals surface area (Å²) in [5, 5.41) is 4.89. The van der Waals surface area contributed by atoms with Gasteiger partial charge in [-0.25, -0.2) is 4.39 Å². The largest absolute Gasteiger partial charge is 0.345 e. The molecule has 0 radical (unpaired) electrons. The third kappa shape index (κ3) is 6.12. The standard InChI is InChI=1S/C15H20ClFN2O2/c1-9(2)4-5-10(3)18-14(20)15(21)19-11-6-7-13(17)12(16)8-11/h6-10H,4-5H2,1-3H3,(H,18,20)(H,19,21). The molecule has 0 fully saturated rings. The minimum Gasteiger partial charge on any atom is -0.345 e. The number of halogens is 2. The molecule has 1 rings (SSSR count). The van der Waals surface area contributed by atoms with Crippen LogP contribution in [0.25, 0.3) is 0 Å². The summed E-state index contributed by atoms with van der Waals surface area (Å²) in [6, 6.07) is 3.64. The van der Waals surface area contributed by atoms with Gasteiger partial charge in [0.2, 0.25) is 0 Å². The Labute approximate surface area is 129 Å². The summed E-state index contributed by atoms with van der Waals surface area (Å²) < 4.78 is 13.0. The predicted molar refractivity (Wildman–Crippen MR) is 81.7 cm³/mol. The molecule has 0 spiro atoms. The number of benzene rings is 1. The summed E-state index contributed by atoms with van der Waals surface area (Å²) in [7, 11) is 0. The van der Waals surface area contributed by atoms with Crippen molar-refractivity contribution in [3.63, 3.8) is 0 Å². The fourth-order valence-corrected chi connectivity index (χ4v) is 1.89. The van der Waals surface area contributed by atoms with E-state index < -0.39 is 17.6 Å². The van der Waals surface area contributed by atoms with E-state index in [2.05, 4.69) is 24.5 Å². The van der Waals surface area contributed by atoms with Gasteiger partial charge < -0.3 is 10.6 Å². The highest BCUT2D eigenvalue weighted by atomic mass is 35.5. The molecule has 1 unspecified atom stereocenters. The van der Waals surface area contributed by atoms with Crippen molar-refractivity contribution < 1.29 is 14.0 Å². The summed E-state index contributed by atoms with van der Waals surface area (Å²) in [4.78, 5) is 23.4. The molecule has 0 aromatic heterocycles. The van der Waals surface area contributed by atoms with E-state index in [1.54, 1.807) is 0 Å². The van der Waals surface area contributed by atoms with Crippen LogP contribution in [0.15, 0.2) is 18.2 Å². The predicted octanol–water partition coefficient (Wildman–Crippen LogP) is 3.36. The molecule has 0 saturated heterocycles. The lowest BCUT2D eigenvalue weighted by Gasteiger charge is -2.14. The highest BCUT2D eigenvalue weighted by Crippen LogP contribution is 2.19. The zero-order valence-corrected chi connectivity index (χ0v) is 13.1. The Hall–Kier alpha value is -1.62. The Morgan fingerprint density at radius 3 is 2.43 bits per heavy atom. The summed E-state index contributed by atoms with van der Waals surface area (Å²) in [5.41, 5.74) is 0.274. The van der Waals surface area contributed by atoms with Crippen molar-refractivity contribution in [2.24, 2.45) is 5.92 Å². The van der Waals surface area contributed by atoms with Crippen molar-refractivity contribution >= 4 is 29.1 Å². The van der Waals surface area contributed by atoms with Gasteiger partial charge in [-0.2, -0.15) is 0 Å². The van der Waals surface area contributed by atoms with Gasteiger partial charge in [0.1, 0.15) is 5.82 Å². The highest BCUT2D eigenvalue weighted by molar-refractivity contribution is 6.40. The van der Waals surface area contributed by atoms with E-state index in [1.165, 1.54) is 12.1 Å². The Bertz CT molecular complexity index is 520. The van der Waals surface area contributed by atoms with Crippen LogP contribution < -0.4 is 10.6 Å². The third-order valence-electron chi connectivity index (χ3n) is 2.94. The summed E-state index contributed by atoms with van der Waals surface area (Å²) in [5.74, 6) is -1.55. The number of hydrogen-bond donors (Lipinski definition) is 2. The number of carbonyl (C=O) groups is 2. The molecule has 116 valence electrons. The van der Waals surface area contributed by atoms with Gasteiger partial charge >= 0.3 is 11.8 Å². The normalized spacial score (nSPS) is 12.1. The zero-order valence-electron chi connectivity index (χ0n) is 12.4. The molecule has 6 heteroatoms. The Morgan fingerprint density at radius 1 is 1.19 bits per heavy atom. The molecule has 0 aliphatic heterocycles. The molecule has 0 saturated carbocycles. The Morgan fingerprint density at radius 2 is 1.86 bits per heavy atom. The lowest BCUT2D eigenvalue weighted by molar-refractivity contribution is -0.136. The highest BCUT2D eigenvalue weighted by Gasteiger charge is 2.16. The number of nitrogens with one attached hydrogen (secondary N) is 2. The molecule has 0 aliphatic rings. The van der Waals surface area contributed by atoms with Crippen LogP contribution in [0.1, 0.15) is 33.6 Å². The van der Waals surface area contributed by atoms with Crippen molar-refractivity contribution in [2.45, 2.75) is 39.7 Å². The number of hydrogen-bond acceptors (Lipinski definition) is 2. The molecule has 2 N–H and O–H groups in total. The first kappa shape index (κ1) is 17.4. The van der Waals surface area contributed by atoms with Gasteiger partial charge in [-0.1, -0.05) is 25.4 Å². The third-order valence-corrected chi connectivity index (χ3v) is 3.23. The molecule has 0 aliphatic carbocycles. The minimum atomic E-state index is -0.797. The number of rotatable bonds is 5. The average molecular weight is 315 g/mol. The van der Waals surface area contributed by atoms with Gasteiger partial charge in [0, 0.05) is 11.7 Å². The van der Waals surface area contributed by atoms with Gasteiger partial charge in [-0.15, -0.1) is 0 Å². The second kappa shape index (κ2) is 7.98. The Balaban J connectivity index is 2.50. The Kier molecular flexibility index (Phi) is 6.62. The van der Waals surface area contributed by atoms with Gasteiger partial charge in [0.15, 0.2) is 0 Å². The van der Waals surface area contributed by atoms with E-state index in [9.17, 15) is 14.0 Å². The van der Waals surface area contributed by atoms with E-state index in [0.717, 1.165) is 18.9 Å². The summed E-state index contributed by atoms with van der Waals surface area (Å²) in [6.07, 6.45) is 1.77. The molecule has 0 heterocycles. The monoisotopic (exact) mass is 314 g/mol. The van der Waals surface area contributed by atoms with Gasteiger partial charge in [0.05, 0.1) is 5.02 Å². The number of amides is 2. The lowest BCUT2D eigenvalue weighted by atomic mass is 10.0. The number of carbonyl (C=O) groups excluding carboxylic acids is 2. The van der Waals surface area contributed by atoms with Crippen LogP contribution in [-0.2, 0) is 9.59 Å². The molecule has 4 nitrogen and oxygen atoms in total. The van der Waals surface area contributed by atoms with Gasteiger partial charge in [-0.05, 0) is 43.9 Å². The maximum absolute atomic E-state index is 13.0. The van der Waals surface area contributed by atoms with E-state index in [1.807, 2.05) is 6.92 Å². The van der Waals surface area contributed by atoms with E-state index in [0.29, 0.717) is 5.92 Å². The van der Waals surface area contributed by atoms with E-state index >= 15 is 0 Å². The van der Waals surface area contributed by atoms with Crippen LogP contribution in [-0.4, -0.2) is 17.9 Å². The maximum atomic E-state index is 13.0. The van der Waals surface area contributed by atoms with Crippen LogP contribution in [0.4, 0.5) is 10.1 Å². The van der Waals surface area contributed by atoms with Crippen LogP contribution in [0.5, 0.6) is 0 Å². The SMILES string of the molecule is CC(C)CCC(C)NC(=O)C(=O)Nc1ccc(F)c(Cl)c1. The van der Waals surface area contributed by atoms with Gasteiger partial charge in [0.25, 0.3) is 0 Å². The first-order valence-corrected chi connectivity index (χ1v) is 7.24. The number of anilines is 1. The molecular formula is C15H20ClFN2O2. The average Bonchev–Trinajstić information content (AvgIpc) is 2.40. The van der Waals surface area contributed by atoms with Crippen molar-refractivity contribution in [1.29, 1.82) is 0 Å². The molecular weight excluding hydrogens is 295 g/mol. The zero-order chi connectivity index (χ0) is 16.0. The molecule has 1 aromatic rings. The quantitative estimate of drug-likeness (QED) is 0.819. The van der Waals surface area contributed by atoms with Crippen molar-refractivity contribution in [1.82, 2.24) is 5.32 Å². The van der Waals surface area contributed by atoms with E-state index in [4.69, 9.17) is 11.6 Å². The van der Waals surface area contributed by atoms with E-state index in [-0.39, 0.29) is 16.8 Å². The minimum absolute atomic E-state index is 0.0811. The molecule has 21 heavy (non-hydrogen) atoms. The fourth-order valence-electron chi connectivity index (χ4n) is 1.71. The fraction of sp³-hybridized carbons (Fsp3) is 0.467. The van der Waals surface area contributed by atoms with Crippen LogP contribution in [0.3, 0.4) is 0 Å². The van der Waals surface area contributed by atoms with Crippen LogP contribution >= 0.6 is 11.6 Å². The van der Waals surface area contributed by atoms with Crippen molar-refractivity contribution in [2.75, 3.05) is 5.32 Å². The first-order valence-electron chi connectivity index (χ1n) is 6.86. The topological polar surface area (TPSA) is 58.2 Å². The smallest absolute Gasteiger partial charge is 0.313 e. The van der Waals surface area contributed by atoms with Gasteiger partial charge in [-0.3, -0.25) is 9.59 Å². The van der Waals surface area contributed by atoms with Crippen LogP contribution in [0.2, 0.25) is 5.02 Å².